The molecule has 5 atom stereocenters. The highest BCUT2D eigenvalue weighted by Crippen LogP contribution is 2.48. The van der Waals surface area contributed by atoms with E-state index in [-0.39, 0.29) is 14.8 Å². The Labute approximate surface area is 247 Å². The van der Waals surface area contributed by atoms with Crippen LogP contribution in [0.15, 0.2) is 62.7 Å². The zero-order chi connectivity index (χ0) is 31.5. The number of nitrogens with zero attached hydrogens (tertiary/aromatic N) is 1. The minimum Gasteiger partial charge on any atom is -0.462 e. The lowest BCUT2D eigenvalue weighted by Gasteiger charge is -2.37. The lowest BCUT2D eigenvalue weighted by molar-refractivity contribution is -0.255. The second-order valence-corrected chi connectivity index (χ2v) is 12.2. The molecule has 0 saturated carbocycles. The summed E-state index contributed by atoms with van der Waals surface area (Å²) in [5.41, 5.74) is -2.18. The summed E-state index contributed by atoms with van der Waals surface area (Å²) in [5, 5.41) is 14.4. The zero-order valence-electron chi connectivity index (χ0n) is 23.3. The number of esters is 1. The molecular formula is C26H31BrF2N3O9P. The van der Waals surface area contributed by atoms with Crippen molar-refractivity contribution in [2.24, 2.45) is 0 Å². The molecule has 16 heteroatoms. The highest BCUT2D eigenvalue weighted by molar-refractivity contribution is 9.10. The van der Waals surface area contributed by atoms with Gasteiger partial charge in [0.2, 0.25) is 5.79 Å². The number of H-pyrrole nitrogens is 1. The number of carbonyl (C=O) groups is 1. The van der Waals surface area contributed by atoms with Crippen molar-refractivity contribution in [2.75, 3.05) is 13.7 Å². The van der Waals surface area contributed by atoms with Gasteiger partial charge >= 0.3 is 19.4 Å². The number of benzene rings is 2. The number of ether oxygens (including phenoxy) is 2. The summed E-state index contributed by atoms with van der Waals surface area (Å²) in [6.07, 6.45) is -2.58. The van der Waals surface area contributed by atoms with E-state index in [1.807, 2.05) is 4.98 Å². The molecule has 2 aromatic carbocycles. The number of fused-ring (bicyclic) bond motifs is 1. The summed E-state index contributed by atoms with van der Waals surface area (Å²) >= 11 is 2.84. The quantitative estimate of drug-likeness (QED) is 0.179. The summed E-state index contributed by atoms with van der Waals surface area (Å²) in [5.74, 6) is -7.48. The van der Waals surface area contributed by atoms with Gasteiger partial charge in [0.05, 0.1) is 10.6 Å². The maximum atomic E-state index is 16.1. The average Bonchev–Trinajstić information content (AvgIpc) is 2.93. The van der Waals surface area contributed by atoms with Crippen molar-refractivity contribution in [3.8, 4) is 5.75 Å². The van der Waals surface area contributed by atoms with E-state index in [4.69, 9.17) is 18.5 Å². The van der Waals surface area contributed by atoms with Crippen LogP contribution in [0.25, 0.3) is 10.8 Å². The Kier molecular flexibility index (Phi) is 10.5. The number of rotatable bonds is 13. The van der Waals surface area contributed by atoms with Crippen LogP contribution in [-0.2, 0) is 29.1 Å². The highest BCUT2D eigenvalue weighted by atomic mass is 79.9. The van der Waals surface area contributed by atoms with Crippen molar-refractivity contribution in [3.63, 3.8) is 0 Å². The standard InChI is InChI=1S/C26H31BrF2N3O9P/c1-15(2)40-22(34)16(3)31-42(37,41-20-12-8-10-17-9-6-7-11-18(17)20)39-14-26(29,38-5)23(35)25(4,28)32-13-19(27)21(33)30-24(32)36/h6-13,15-16,23,35H,14H2,1-5H3,(H,31,37)(H,30,33,36)/t16?,23-,25-,26+,42?/m0/s1. The molecule has 230 valence electrons. The van der Waals surface area contributed by atoms with Crippen molar-refractivity contribution >= 4 is 40.4 Å². The summed E-state index contributed by atoms with van der Waals surface area (Å²) in [4.78, 5) is 38.2. The van der Waals surface area contributed by atoms with Gasteiger partial charge in [-0.25, -0.2) is 18.1 Å². The second-order valence-electron chi connectivity index (χ2n) is 9.70. The number of aromatic nitrogens is 2. The first kappa shape index (κ1) is 33.6. The van der Waals surface area contributed by atoms with Crippen molar-refractivity contribution in [1.82, 2.24) is 14.6 Å². The molecule has 0 radical (unpaired) electrons. The molecule has 0 amide bonds. The minimum atomic E-state index is -4.72. The Balaban J connectivity index is 1.97. The van der Waals surface area contributed by atoms with E-state index in [9.17, 15) is 24.1 Å². The molecule has 42 heavy (non-hydrogen) atoms. The van der Waals surface area contributed by atoms with Crippen LogP contribution < -0.4 is 20.9 Å². The van der Waals surface area contributed by atoms with Gasteiger partial charge in [0.1, 0.15) is 18.4 Å². The fraction of sp³-hybridized carbons (Fsp3) is 0.423. The third-order valence-electron chi connectivity index (χ3n) is 6.07. The predicted molar refractivity (Wildman–Crippen MR) is 153 cm³/mol. The number of methoxy groups -OCH3 is 1. The fourth-order valence-corrected chi connectivity index (χ4v) is 5.67. The van der Waals surface area contributed by atoms with E-state index in [0.29, 0.717) is 17.7 Å². The molecular weight excluding hydrogens is 647 g/mol. The maximum Gasteiger partial charge on any atom is 0.459 e. The van der Waals surface area contributed by atoms with Gasteiger partial charge in [-0.15, -0.1) is 0 Å². The van der Waals surface area contributed by atoms with Crippen LogP contribution in [0.5, 0.6) is 5.75 Å². The molecule has 0 bridgehead atoms. The summed E-state index contributed by atoms with van der Waals surface area (Å²) < 4.78 is 66.8. The van der Waals surface area contributed by atoms with Crippen LogP contribution in [0.2, 0.25) is 0 Å². The first-order valence-corrected chi connectivity index (χ1v) is 14.9. The molecule has 0 aliphatic carbocycles. The molecule has 2 unspecified atom stereocenters. The van der Waals surface area contributed by atoms with Crippen LogP contribution in [0.4, 0.5) is 8.78 Å². The molecule has 3 rings (SSSR count). The van der Waals surface area contributed by atoms with E-state index in [2.05, 4.69) is 21.0 Å². The van der Waals surface area contributed by atoms with Crippen LogP contribution in [0.1, 0.15) is 27.7 Å². The van der Waals surface area contributed by atoms with Gasteiger partial charge in [0.15, 0.2) is 6.10 Å². The molecule has 0 aliphatic heterocycles. The van der Waals surface area contributed by atoms with Crippen LogP contribution >= 0.6 is 23.7 Å². The zero-order valence-corrected chi connectivity index (χ0v) is 25.8. The summed E-state index contributed by atoms with van der Waals surface area (Å²) in [6, 6.07) is 10.4. The number of hydrogen-bond acceptors (Lipinski definition) is 9. The van der Waals surface area contributed by atoms with Crippen molar-refractivity contribution in [2.45, 2.75) is 57.6 Å². The van der Waals surface area contributed by atoms with Gasteiger partial charge in [-0.3, -0.25) is 23.7 Å². The van der Waals surface area contributed by atoms with E-state index < -0.39 is 61.5 Å². The topological polar surface area (TPSA) is 158 Å². The number of aliphatic hydroxyl groups is 1. The van der Waals surface area contributed by atoms with E-state index in [1.54, 1.807) is 50.2 Å². The highest BCUT2D eigenvalue weighted by Gasteiger charge is 2.53. The molecule has 12 nitrogen and oxygen atoms in total. The fourth-order valence-electron chi connectivity index (χ4n) is 3.84. The number of hydrogen-bond donors (Lipinski definition) is 3. The Bertz CT molecular complexity index is 1590. The Morgan fingerprint density at radius 3 is 2.45 bits per heavy atom. The van der Waals surface area contributed by atoms with Gasteiger partial charge < -0.3 is 19.1 Å². The van der Waals surface area contributed by atoms with Gasteiger partial charge in [0, 0.05) is 18.7 Å². The summed E-state index contributed by atoms with van der Waals surface area (Å²) in [7, 11) is -3.95. The van der Waals surface area contributed by atoms with Crippen molar-refractivity contribution < 1.29 is 41.8 Å². The Morgan fingerprint density at radius 1 is 1.17 bits per heavy atom. The first-order valence-electron chi connectivity index (χ1n) is 12.6. The Hall–Kier alpha value is -2.94. The van der Waals surface area contributed by atoms with Crippen molar-refractivity contribution in [3.05, 3.63) is 74.0 Å². The maximum absolute atomic E-state index is 16.1. The molecule has 1 aromatic heterocycles. The van der Waals surface area contributed by atoms with Gasteiger partial charge in [-0.1, -0.05) is 36.4 Å². The lowest BCUT2D eigenvalue weighted by atomic mass is 10.0. The number of alkyl halides is 2. The lowest BCUT2D eigenvalue weighted by Crippen LogP contribution is -2.57. The predicted octanol–water partition coefficient (Wildman–Crippen LogP) is 3.90. The molecule has 0 saturated heterocycles. The largest absolute Gasteiger partial charge is 0.462 e. The molecule has 0 spiro atoms. The molecule has 1 heterocycles. The average molecular weight is 678 g/mol. The van der Waals surface area contributed by atoms with Gasteiger partial charge in [0.25, 0.3) is 11.4 Å². The van der Waals surface area contributed by atoms with Crippen LogP contribution in [0.3, 0.4) is 0 Å². The number of aliphatic hydroxyl groups excluding tert-OH is 1. The van der Waals surface area contributed by atoms with Crippen LogP contribution in [0, 0.1) is 0 Å². The third-order valence-corrected chi connectivity index (χ3v) is 8.25. The molecule has 3 N–H and O–H groups in total. The number of carbonyl (C=O) groups excluding carboxylic acids is 1. The van der Waals surface area contributed by atoms with E-state index in [1.165, 1.54) is 13.0 Å². The number of nitrogens with one attached hydrogen (secondary N) is 2. The first-order chi connectivity index (χ1) is 19.5. The molecule has 3 aromatic rings. The summed E-state index contributed by atoms with van der Waals surface area (Å²) in [6.45, 7) is 3.76. The van der Waals surface area contributed by atoms with E-state index >= 15 is 8.78 Å². The van der Waals surface area contributed by atoms with E-state index in [0.717, 1.165) is 13.3 Å². The molecule has 0 fully saturated rings. The SMILES string of the molecule is CO[C@](F)(COP(=O)(NC(C)C(=O)OC(C)C)Oc1cccc2ccccc12)[C@@H](O)[C@@](C)(F)n1cc(Br)c(=O)[nH]c1=O. The molecule has 0 aliphatic rings. The second kappa shape index (κ2) is 13.1. The van der Waals surface area contributed by atoms with Gasteiger partial charge in [-0.05, 0) is 55.1 Å². The number of aromatic amines is 1. The number of halogens is 3. The van der Waals surface area contributed by atoms with Crippen LogP contribution in [-0.4, -0.2) is 58.4 Å². The van der Waals surface area contributed by atoms with Gasteiger partial charge in [-0.2, -0.15) is 5.09 Å². The van der Waals surface area contributed by atoms with Crippen molar-refractivity contribution in [1.29, 1.82) is 0 Å². The smallest absolute Gasteiger partial charge is 0.459 e. The monoisotopic (exact) mass is 677 g/mol. The minimum absolute atomic E-state index is 0.0377. The third kappa shape index (κ3) is 7.52. The Morgan fingerprint density at radius 2 is 1.81 bits per heavy atom. The normalized spacial score (nSPS) is 17.6.